The summed E-state index contributed by atoms with van der Waals surface area (Å²) in [5, 5.41) is 2.85. The molecule has 0 bridgehead atoms. The summed E-state index contributed by atoms with van der Waals surface area (Å²) in [5.74, 6) is 2.11. The van der Waals surface area contributed by atoms with Gasteiger partial charge in [-0.3, -0.25) is 4.79 Å². The van der Waals surface area contributed by atoms with Crippen LogP contribution in [0.25, 0.3) is 0 Å². The number of pyridine rings is 1. The summed E-state index contributed by atoms with van der Waals surface area (Å²) in [6.45, 7) is 3.17. The lowest BCUT2D eigenvalue weighted by molar-refractivity contribution is 0.0951. The fraction of sp³-hybridized carbons (Fsp3) is 0.217. The summed E-state index contributed by atoms with van der Waals surface area (Å²) in [6.07, 6.45) is 3.66. The number of hydrogen-bond donors (Lipinski definition) is 2. The van der Waals surface area contributed by atoms with Crippen LogP contribution in [0.1, 0.15) is 35.7 Å². The Morgan fingerprint density at radius 1 is 1.03 bits per heavy atom. The largest absolute Gasteiger partial charge is 0.493 e. The lowest BCUT2D eigenvalue weighted by atomic mass is 10.2. The van der Waals surface area contributed by atoms with Crippen LogP contribution < -0.4 is 20.5 Å². The van der Waals surface area contributed by atoms with Crippen LogP contribution in [0.2, 0.25) is 0 Å². The Balaban J connectivity index is 1.60. The van der Waals surface area contributed by atoms with Gasteiger partial charge in [-0.15, -0.1) is 0 Å². The van der Waals surface area contributed by atoms with E-state index in [9.17, 15) is 4.79 Å². The Hall–Kier alpha value is -3.54. The van der Waals surface area contributed by atoms with Crippen LogP contribution in [0, 0.1) is 0 Å². The fourth-order valence-corrected chi connectivity index (χ4v) is 2.70. The summed E-state index contributed by atoms with van der Waals surface area (Å²) >= 11 is 0. The lowest BCUT2D eigenvalue weighted by Gasteiger charge is -2.11. The van der Waals surface area contributed by atoms with Crippen LogP contribution in [0.5, 0.6) is 17.2 Å². The zero-order chi connectivity index (χ0) is 20.5. The number of nitrogens with zero attached hydrogens (tertiary/aromatic N) is 1. The predicted octanol–water partition coefficient (Wildman–Crippen LogP) is 4.57. The van der Waals surface area contributed by atoms with Crippen LogP contribution in [-0.2, 0) is 6.54 Å². The van der Waals surface area contributed by atoms with Crippen molar-refractivity contribution in [1.29, 1.82) is 0 Å². The van der Waals surface area contributed by atoms with Crippen molar-refractivity contribution < 1.29 is 14.3 Å². The average molecular weight is 391 g/mol. The average Bonchev–Trinajstić information content (AvgIpc) is 2.73. The molecule has 0 unspecified atom stereocenters. The first kappa shape index (κ1) is 20.2. The Labute approximate surface area is 170 Å². The third-order valence-electron chi connectivity index (χ3n) is 4.24. The van der Waals surface area contributed by atoms with Crippen molar-refractivity contribution >= 4 is 11.7 Å². The van der Waals surface area contributed by atoms with Gasteiger partial charge in [-0.1, -0.05) is 31.5 Å². The standard InChI is InChI=1S/C23H25N3O3/c1-2-3-13-28-18-8-5-10-20(15-18)29-19-9-4-7-17(14-19)16-26-23(27)21-11-6-12-25-22(21)24/h4-12,14-15H,2-3,13,16H2,1H3,(H2,24,25)(H,26,27). The molecule has 0 aliphatic carbocycles. The molecule has 2 aromatic carbocycles. The minimum absolute atomic E-state index is 0.211. The number of nitrogen functional groups attached to an aromatic ring is 1. The molecular weight excluding hydrogens is 366 g/mol. The normalized spacial score (nSPS) is 10.4. The molecule has 0 aliphatic heterocycles. The third kappa shape index (κ3) is 5.97. The van der Waals surface area contributed by atoms with E-state index in [1.54, 1.807) is 18.3 Å². The predicted molar refractivity (Wildman–Crippen MR) is 113 cm³/mol. The Morgan fingerprint density at radius 3 is 2.59 bits per heavy atom. The lowest BCUT2D eigenvalue weighted by Crippen LogP contribution is -2.24. The Kier molecular flexibility index (Phi) is 7.05. The van der Waals surface area contributed by atoms with Gasteiger partial charge in [0, 0.05) is 18.8 Å². The van der Waals surface area contributed by atoms with E-state index in [4.69, 9.17) is 15.2 Å². The molecule has 29 heavy (non-hydrogen) atoms. The first-order chi connectivity index (χ1) is 14.2. The van der Waals surface area contributed by atoms with Crippen molar-refractivity contribution in [2.24, 2.45) is 0 Å². The molecule has 0 aliphatic rings. The van der Waals surface area contributed by atoms with Gasteiger partial charge in [0.25, 0.3) is 5.91 Å². The van der Waals surface area contributed by atoms with Crippen molar-refractivity contribution in [3.63, 3.8) is 0 Å². The van der Waals surface area contributed by atoms with E-state index in [-0.39, 0.29) is 11.7 Å². The topological polar surface area (TPSA) is 86.5 Å². The molecule has 0 fully saturated rings. The molecular formula is C23H25N3O3. The third-order valence-corrected chi connectivity index (χ3v) is 4.24. The number of anilines is 1. The van der Waals surface area contributed by atoms with Gasteiger partial charge in [-0.2, -0.15) is 0 Å². The second kappa shape index (κ2) is 10.1. The first-order valence-corrected chi connectivity index (χ1v) is 9.64. The SMILES string of the molecule is CCCCOc1cccc(Oc2cccc(CNC(=O)c3cccnc3N)c2)c1. The first-order valence-electron chi connectivity index (χ1n) is 9.64. The van der Waals surface area contributed by atoms with Gasteiger partial charge in [0.05, 0.1) is 12.2 Å². The van der Waals surface area contributed by atoms with Crippen molar-refractivity contribution in [2.45, 2.75) is 26.3 Å². The number of nitrogens with two attached hydrogens (primary N) is 1. The molecule has 0 atom stereocenters. The van der Waals surface area contributed by atoms with Crippen LogP contribution in [0.4, 0.5) is 5.82 Å². The zero-order valence-corrected chi connectivity index (χ0v) is 16.4. The van der Waals surface area contributed by atoms with Gasteiger partial charge in [0.1, 0.15) is 23.1 Å². The maximum absolute atomic E-state index is 12.3. The molecule has 3 rings (SSSR count). The quantitative estimate of drug-likeness (QED) is 0.522. The van der Waals surface area contributed by atoms with Gasteiger partial charge < -0.3 is 20.5 Å². The summed E-state index contributed by atoms with van der Waals surface area (Å²) < 4.78 is 11.7. The number of benzene rings is 2. The van der Waals surface area contributed by atoms with Gasteiger partial charge in [0.15, 0.2) is 0 Å². The summed E-state index contributed by atoms with van der Waals surface area (Å²) in [5.41, 5.74) is 7.02. The molecule has 0 spiro atoms. The van der Waals surface area contributed by atoms with E-state index in [2.05, 4.69) is 17.2 Å². The van der Waals surface area contributed by atoms with E-state index in [1.165, 1.54) is 0 Å². The minimum Gasteiger partial charge on any atom is -0.493 e. The molecule has 1 heterocycles. The van der Waals surface area contributed by atoms with Crippen molar-refractivity contribution in [3.05, 3.63) is 78.0 Å². The highest BCUT2D eigenvalue weighted by atomic mass is 16.5. The Morgan fingerprint density at radius 2 is 1.79 bits per heavy atom. The number of aromatic nitrogens is 1. The van der Waals surface area contributed by atoms with Gasteiger partial charge in [-0.25, -0.2) is 4.98 Å². The van der Waals surface area contributed by atoms with E-state index in [0.29, 0.717) is 30.2 Å². The summed E-state index contributed by atoms with van der Waals surface area (Å²) in [6, 6.07) is 18.5. The highest BCUT2D eigenvalue weighted by Gasteiger charge is 2.09. The maximum Gasteiger partial charge on any atom is 0.255 e. The number of carbonyl (C=O) groups is 1. The highest BCUT2D eigenvalue weighted by Crippen LogP contribution is 2.26. The molecule has 1 amide bonds. The smallest absolute Gasteiger partial charge is 0.255 e. The second-order valence-electron chi connectivity index (χ2n) is 6.55. The molecule has 3 N–H and O–H groups in total. The number of amides is 1. The number of nitrogens with one attached hydrogen (secondary N) is 1. The van der Waals surface area contributed by atoms with E-state index < -0.39 is 0 Å². The summed E-state index contributed by atoms with van der Waals surface area (Å²) in [7, 11) is 0. The molecule has 0 saturated carbocycles. The molecule has 6 nitrogen and oxygen atoms in total. The van der Waals surface area contributed by atoms with E-state index in [0.717, 1.165) is 24.2 Å². The number of unbranched alkanes of at least 4 members (excludes halogenated alkanes) is 1. The molecule has 6 heteroatoms. The van der Waals surface area contributed by atoms with Gasteiger partial charge in [0.2, 0.25) is 0 Å². The molecule has 3 aromatic rings. The molecule has 0 saturated heterocycles. The molecule has 1 aromatic heterocycles. The van der Waals surface area contributed by atoms with Gasteiger partial charge >= 0.3 is 0 Å². The number of ether oxygens (including phenoxy) is 2. The van der Waals surface area contributed by atoms with E-state index in [1.807, 2.05) is 48.5 Å². The Bertz CT molecular complexity index is 959. The number of hydrogen-bond acceptors (Lipinski definition) is 5. The molecule has 150 valence electrons. The van der Waals surface area contributed by atoms with Crippen molar-refractivity contribution in [2.75, 3.05) is 12.3 Å². The molecule has 0 radical (unpaired) electrons. The number of carbonyl (C=O) groups excluding carboxylic acids is 1. The van der Waals surface area contributed by atoms with Crippen LogP contribution in [0.15, 0.2) is 66.9 Å². The summed E-state index contributed by atoms with van der Waals surface area (Å²) in [4.78, 5) is 16.2. The van der Waals surface area contributed by atoms with Crippen molar-refractivity contribution in [3.8, 4) is 17.2 Å². The van der Waals surface area contributed by atoms with Gasteiger partial charge in [-0.05, 0) is 48.4 Å². The van der Waals surface area contributed by atoms with Crippen molar-refractivity contribution in [1.82, 2.24) is 10.3 Å². The second-order valence-corrected chi connectivity index (χ2v) is 6.55. The minimum atomic E-state index is -0.265. The van der Waals surface area contributed by atoms with Crippen LogP contribution >= 0.6 is 0 Å². The fourth-order valence-electron chi connectivity index (χ4n) is 2.70. The maximum atomic E-state index is 12.3. The highest BCUT2D eigenvalue weighted by molar-refractivity contribution is 5.98. The van der Waals surface area contributed by atoms with E-state index >= 15 is 0 Å². The zero-order valence-electron chi connectivity index (χ0n) is 16.4. The monoisotopic (exact) mass is 391 g/mol. The van der Waals surface area contributed by atoms with Crippen LogP contribution in [0.3, 0.4) is 0 Å². The van der Waals surface area contributed by atoms with Crippen LogP contribution in [-0.4, -0.2) is 17.5 Å². The number of rotatable bonds is 9.